The summed E-state index contributed by atoms with van der Waals surface area (Å²) in [4.78, 5) is 39.9. The molecule has 0 aliphatic heterocycles. The van der Waals surface area contributed by atoms with E-state index in [1.165, 1.54) is 4.90 Å². The van der Waals surface area contributed by atoms with E-state index in [1.807, 2.05) is 38.1 Å². The Morgan fingerprint density at radius 2 is 1.78 bits per heavy atom. The van der Waals surface area contributed by atoms with E-state index >= 15 is 0 Å². The quantitative estimate of drug-likeness (QED) is 0.474. The van der Waals surface area contributed by atoms with Gasteiger partial charge >= 0.3 is 0 Å². The minimum Gasteiger partial charge on any atom is -0.395 e. The molecule has 0 saturated carbocycles. The van der Waals surface area contributed by atoms with Crippen molar-refractivity contribution in [3.05, 3.63) is 40.4 Å². The van der Waals surface area contributed by atoms with Crippen LogP contribution in [0.2, 0.25) is 0 Å². The molecule has 2 rings (SSSR count). The predicted octanol–water partition coefficient (Wildman–Crippen LogP) is 3.36. The van der Waals surface area contributed by atoms with Crippen LogP contribution in [0.4, 0.5) is 11.4 Å². The number of amides is 3. The van der Waals surface area contributed by atoms with E-state index in [0.717, 1.165) is 29.9 Å². The summed E-state index contributed by atoms with van der Waals surface area (Å²) in [6.07, 6.45) is 2.86. The van der Waals surface area contributed by atoms with Crippen molar-refractivity contribution in [1.29, 1.82) is 0 Å². The molecule has 0 spiro atoms. The molecule has 8 nitrogen and oxygen atoms in total. The molecule has 0 radical (unpaired) electrons. The summed E-state index contributed by atoms with van der Waals surface area (Å²) in [6, 6.07) is 6.78. The molecule has 1 atom stereocenters. The molecular weight excluding hydrogens is 426 g/mol. The molecule has 2 aromatic rings. The first-order chi connectivity index (χ1) is 15.2. The molecule has 0 saturated heterocycles. The van der Waals surface area contributed by atoms with Crippen molar-refractivity contribution in [2.24, 2.45) is 11.7 Å². The van der Waals surface area contributed by atoms with Gasteiger partial charge in [-0.1, -0.05) is 46.2 Å². The highest BCUT2D eigenvalue weighted by atomic mass is 32.1. The number of nitrogens with one attached hydrogen (secondary N) is 1. The van der Waals surface area contributed by atoms with E-state index in [0.29, 0.717) is 31.0 Å². The number of nitrogens with two attached hydrogens (primary N) is 2. The van der Waals surface area contributed by atoms with Crippen molar-refractivity contribution < 1.29 is 14.4 Å². The Bertz CT molecular complexity index is 940. The Kier molecular flexibility index (Phi) is 9.19. The highest BCUT2D eigenvalue weighted by Gasteiger charge is 2.34. The van der Waals surface area contributed by atoms with Crippen LogP contribution in [0.5, 0.6) is 0 Å². The zero-order chi connectivity index (χ0) is 23.8. The van der Waals surface area contributed by atoms with Crippen LogP contribution in [-0.2, 0) is 11.2 Å². The van der Waals surface area contributed by atoms with E-state index in [2.05, 4.69) is 23.5 Å². The first kappa shape index (κ1) is 25.3. The highest BCUT2D eigenvalue weighted by molar-refractivity contribution is 7.09. The number of hydrogen-bond acceptors (Lipinski definition) is 6. The third kappa shape index (κ3) is 6.06. The lowest BCUT2D eigenvalue weighted by Gasteiger charge is -2.31. The van der Waals surface area contributed by atoms with E-state index in [-0.39, 0.29) is 22.2 Å². The Labute approximate surface area is 193 Å². The largest absolute Gasteiger partial charge is 0.395 e. The van der Waals surface area contributed by atoms with Gasteiger partial charge in [-0.05, 0) is 54.4 Å². The third-order valence-electron chi connectivity index (χ3n) is 5.19. The standard InChI is InChI=1S/C23H33N5O3S/c1-5-7-17(22(30)26-13-12-14(3)4)28(16-10-8-15(6-2)9-11-16)23(31)20-18(24)19(21(25)29)27-32-20/h8-11,14,17H,5-7,12-13,24H2,1-4H3,(H2,25,29)(H,26,30)/t17-/m1/s1. The summed E-state index contributed by atoms with van der Waals surface area (Å²) >= 11 is 0.813. The summed E-state index contributed by atoms with van der Waals surface area (Å²) in [7, 11) is 0. The Balaban J connectivity index is 2.48. The van der Waals surface area contributed by atoms with Gasteiger partial charge in [-0.15, -0.1) is 0 Å². The molecule has 174 valence electrons. The van der Waals surface area contributed by atoms with Gasteiger partial charge in [0.15, 0.2) is 5.69 Å². The van der Waals surface area contributed by atoms with Gasteiger partial charge in [-0.25, -0.2) is 0 Å². The molecule has 0 aliphatic rings. The number of hydrogen-bond donors (Lipinski definition) is 3. The number of rotatable bonds is 11. The predicted molar refractivity (Wildman–Crippen MR) is 129 cm³/mol. The summed E-state index contributed by atoms with van der Waals surface area (Å²) in [5.41, 5.74) is 12.9. The van der Waals surface area contributed by atoms with Crippen molar-refractivity contribution in [3.8, 4) is 0 Å². The molecule has 0 unspecified atom stereocenters. The van der Waals surface area contributed by atoms with Crippen LogP contribution in [0.1, 0.15) is 72.7 Å². The van der Waals surface area contributed by atoms with Crippen molar-refractivity contribution in [1.82, 2.24) is 9.69 Å². The average molecular weight is 460 g/mol. The van der Waals surface area contributed by atoms with E-state index in [4.69, 9.17) is 11.5 Å². The first-order valence-electron chi connectivity index (χ1n) is 11.0. The molecule has 32 heavy (non-hydrogen) atoms. The molecular formula is C23H33N5O3S. The molecule has 0 fully saturated rings. The van der Waals surface area contributed by atoms with Crippen LogP contribution >= 0.6 is 11.5 Å². The van der Waals surface area contributed by atoms with Gasteiger partial charge in [0.05, 0.1) is 5.69 Å². The van der Waals surface area contributed by atoms with Gasteiger partial charge in [0.25, 0.3) is 11.8 Å². The maximum atomic E-state index is 13.6. The number of anilines is 2. The van der Waals surface area contributed by atoms with Crippen LogP contribution in [0, 0.1) is 5.92 Å². The van der Waals surface area contributed by atoms with Crippen molar-refractivity contribution in [2.75, 3.05) is 17.2 Å². The highest BCUT2D eigenvalue weighted by Crippen LogP contribution is 2.29. The second-order valence-electron chi connectivity index (χ2n) is 8.11. The smallest absolute Gasteiger partial charge is 0.272 e. The van der Waals surface area contributed by atoms with Gasteiger partial charge in [0.2, 0.25) is 5.91 Å². The number of aromatic nitrogens is 1. The summed E-state index contributed by atoms with van der Waals surface area (Å²) < 4.78 is 3.95. The first-order valence-corrected chi connectivity index (χ1v) is 11.7. The molecule has 1 aromatic heterocycles. The fraction of sp³-hybridized carbons (Fsp3) is 0.478. The maximum absolute atomic E-state index is 13.6. The second-order valence-corrected chi connectivity index (χ2v) is 8.88. The SMILES string of the molecule is CCC[C@H](C(=O)NCCC(C)C)N(C(=O)c1snc(C(N)=O)c1N)c1ccc(CC)cc1. The van der Waals surface area contributed by atoms with Crippen LogP contribution in [0.15, 0.2) is 24.3 Å². The van der Waals surface area contributed by atoms with Crippen molar-refractivity contribution in [2.45, 2.75) is 59.4 Å². The molecule has 1 heterocycles. The molecule has 9 heteroatoms. The van der Waals surface area contributed by atoms with Crippen LogP contribution in [0.25, 0.3) is 0 Å². The summed E-state index contributed by atoms with van der Waals surface area (Å²) in [5.74, 6) is -1.05. The van der Waals surface area contributed by atoms with Gasteiger partial charge in [0.1, 0.15) is 10.9 Å². The van der Waals surface area contributed by atoms with Crippen LogP contribution in [0.3, 0.4) is 0 Å². The van der Waals surface area contributed by atoms with E-state index in [9.17, 15) is 14.4 Å². The van der Waals surface area contributed by atoms with E-state index in [1.54, 1.807) is 0 Å². The Morgan fingerprint density at radius 3 is 2.28 bits per heavy atom. The van der Waals surface area contributed by atoms with Gasteiger partial charge in [-0.3, -0.25) is 19.3 Å². The van der Waals surface area contributed by atoms with Gasteiger partial charge < -0.3 is 16.8 Å². The molecule has 5 N–H and O–H groups in total. The lowest BCUT2D eigenvalue weighted by Crippen LogP contribution is -2.50. The van der Waals surface area contributed by atoms with Crippen LogP contribution < -0.4 is 21.7 Å². The number of carbonyl (C=O) groups excluding carboxylic acids is 3. The molecule has 3 amide bonds. The summed E-state index contributed by atoms with van der Waals surface area (Å²) in [5, 5.41) is 2.97. The molecule has 0 aliphatic carbocycles. The van der Waals surface area contributed by atoms with Crippen molar-refractivity contribution >= 4 is 40.6 Å². The monoisotopic (exact) mass is 459 g/mol. The number of benzene rings is 1. The Hall–Kier alpha value is -2.94. The maximum Gasteiger partial charge on any atom is 0.272 e. The zero-order valence-electron chi connectivity index (χ0n) is 19.2. The lowest BCUT2D eigenvalue weighted by atomic mass is 10.1. The number of aryl methyl sites for hydroxylation is 1. The van der Waals surface area contributed by atoms with E-state index < -0.39 is 17.9 Å². The number of nitrogens with zero attached hydrogens (tertiary/aromatic N) is 2. The topological polar surface area (TPSA) is 131 Å². The zero-order valence-corrected chi connectivity index (χ0v) is 20.0. The second kappa shape index (κ2) is 11.6. The molecule has 0 bridgehead atoms. The number of primary amides is 1. The third-order valence-corrected chi connectivity index (χ3v) is 6.05. The average Bonchev–Trinajstić information content (AvgIpc) is 3.15. The lowest BCUT2D eigenvalue weighted by molar-refractivity contribution is -0.122. The number of nitrogen functional groups attached to an aromatic ring is 1. The fourth-order valence-electron chi connectivity index (χ4n) is 3.32. The Morgan fingerprint density at radius 1 is 1.12 bits per heavy atom. The number of carbonyl (C=O) groups is 3. The normalized spacial score (nSPS) is 11.9. The summed E-state index contributed by atoms with van der Waals surface area (Å²) in [6.45, 7) is 8.71. The fourth-order valence-corrected chi connectivity index (χ4v) is 4.06. The molecule has 1 aromatic carbocycles. The van der Waals surface area contributed by atoms with Crippen LogP contribution in [-0.4, -0.2) is 34.7 Å². The van der Waals surface area contributed by atoms with Gasteiger partial charge in [-0.2, -0.15) is 4.37 Å². The van der Waals surface area contributed by atoms with Gasteiger partial charge in [0, 0.05) is 12.2 Å². The minimum absolute atomic E-state index is 0.0573. The minimum atomic E-state index is -0.798. The van der Waals surface area contributed by atoms with Crippen molar-refractivity contribution in [3.63, 3.8) is 0 Å².